The quantitative estimate of drug-likeness (QED) is 0.339. The Kier molecular flexibility index (Phi) is 2.29. The van der Waals surface area contributed by atoms with Gasteiger partial charge in [-0.1, -0.05) is 0 Å². The second-order valence-corrected chi connectivity index (χ2v) is 3.89. The molecule has 0 aliphatic carbocycles. The van der Waals surface area contributed by atoms with E-state index in [1.165, 1.54) is 0 Å². The van der Waals surface area contributed by atoms with Crippen molar-refractivity contribution in [3.8, 4) is 0 Å². The molecule has 2 aliphatic heterocycles. The molecule has 13 heavy (non-hydrogen) atoms. The van der Waals surface area contributed by atoms with Gasteiger partial charge in [-0.15, -0.1) is 0 Å². The van der Waals surface area contributed by atoms with Crippen LogP contribution in [0.3, 0.4) is 0 Å². The van der Waals surface area contributed by atoms with Gasteiger partial charge in [0.05, 0.1) is 18.2 Å². The van der Waals surface area contributed by atoms with Crippen molar-refractivity contribution < 1.29 is 20.4 Å². The summed E-state index contributed by atoms with van der Waals surface area (Å²) in [5.74, 6) is 0. The molecule has 76 valence electrons. The molecular formula is C8H15NO4. The van der Waals surface area contributed by atoms with Crippen molar-refractivity contribution >= 4 is 0 Å². The lowest BCUT2D eigenvalue weighted by atomic mass is 9.93. The molecule has 0 aromatic heterocycles. The zero-order valence-electron chi connectivity index (χ0n) is 7.24. The molecule has 2 aliphatic rings. The summed E-state index contributed by atoms with van der Waals surface area (Å²) in [5, 5.41) is 37.8. The Labute approximate surface area is 76.2 Å². The van der Waals surface area contributed by atoms with Crippen LogP contribution in [0.25, 0.3) is 0 Å². The van der Waals surface area contributed by atoms with Crippen LogP contribution in [-0.4, -0.2) is 68.9 Å². The number of aliphatic hydroxyl groups excluding tert-OH is 4. The van der Waals surface area contributed by atoms with Gasteiger partial charge in [-0.3, -0.25) is 4.90 Å². The van der Waals surface area contributed by atoms with Crippen LogP contribution in [0, 0.1) is 0 Å². The number of hydrogen-bond acceptors (Lipinski definition) is 5. The minimum atomic E-state index is -1.13. The van der Waals surface area contributed by atoms with E-state index in [1.807, 2.05) is 4.90 Å². The molecule has 0 saturated carbocycles. The molecule has 0 unspecified atom stereocenters. The molecule has 5 atom stereocenters. The first-order chi connectivity index (χ1) is 6.11. The number of rotatable bonds is 0. The molecule has 0 amide bonds. The standard InChI is InChI=1S/C8H15NO4/c10-4-1-2-9-3-5(11)7(12)8(13)6(4)9/h4-8,10-13H,1-3H2/t4-,5+,6-,7-,8+/m1/s1. The second-order valence-electron chi connectivity index (χ2n) is 3.89. The zero-order chi connectivity index (χ0) is 9.59. The van der Waals surface area contributed by atoms with Crippen molar-refractivity contribution in [3.05, 3.63) is 0 Å². The fraction of sp³-hybridized carbons (Fsp3) is 1.00. The van der Waals surface area contributed by atoms with Crippen LogP contribution in [0.15, 0.2) is 0 Å². The first-order valence-electron chi connectivity index (χ1n) is 4.57. The maximum Gasteiger partial charge on any atom is 0.109 e. The average molecular weight is 189 g/mol. The van der Waals surface area contributed by atoms with Gasteiger partial charge < -0.3 is 20.4 Å². The SMILES string of the molecule is O[C@@H]1[C@H](O)[C@@H](O)CN2CC[C@@H](O)[C@H]12. The van der Waals surface area contributed by atoms with Gasteiger partial charge in [0.15, 0.2) is 0 Å². The Morgan fingerprint density at radius 2 is 1.62 bits per heavy atom. The monoisotopic (exact) mass is 189 g/mol. The molecule has 0 radical (unpaired) electrons. The van der Waals surface area contributed by atoms with Crippen LogP contribution in [0.5, 0.6) is 0 Å². The van der Waals surface area contributed by atoms with E-state index in [0.717, 1.165) is 0 Å². The van der Waals surface area contributed by atoms with Crippen LogP contribution >= 0.6 is 0 Å². The van der Waals surface area contributed by atoms with Crippen molar-refractivity contribution in [3.63, 3.8) is 0 Å². The maximum atomic E-state index is 9.58. The Bertz CT molecular complexity index is 201. The Morgan fingerprint density at radius 1 is 0.923 bits per heavy atom. The zero-order valence-corrected chi connectivity index (χ0v) is 7.24. The van der Waals surface area contributed by atoms with E-state index in [1.54, 1.807) is 0 Å². The lowest BCUT2D eigenvalue weighted by molar-refractivity contribution is -0.140. The van der Waals surface area contributed by atoms with Crippen LogP contribution in [-0.2, 0) is 0 Å². The highest BCUT2D eigenvalue weighted by molar-refractivity contribution is 5.01. The van der Waals surface area contributed by atoms with E-state index >= 15 is 0 Å². The summed E-state index contributed by atoms with van der Waals surface area (Å²) in [6.45, 7) is 1.01. The topological polar surface area (TPSA) is 84.2 Å². The number of aliphatic hydroxyl groups is 4. The molecule has 0 bridgehead atoms. The molecular weight excluding hydrogens is 174 g/mol. The summed E-state index contributed by atoms with van der Waals surface area (Å²) in [7, 11) is 0. The normalized spacial score (nSPS) is 52.2. The van der Waals surface area contributed by atoms with E-state index in [-0.39, 0.29) is 0 Å². The molecule has 4 N–H and O–H groups in total. The fourth-order valence-corrected chi connectivity index (χ4v) is 2.30. The Balaban J connectivity index is 2.15. The van der Waals surface area contributed by atoms with Crippen molar-refractivity contribution in [1.82, 2.24) is 4.90 Å². The molecule has 5 nitrogen and oxygen atoms in total. The minimum Gasteiger partial charge on any atom is -0.391 e. The van der Waals surface area contributed by atoms with E-state index in [9.17, 15) is 20.4 Å². The molecule has 2 fully saturated rings. The van der Waals surface area contributed by atoms with Gasteiger partial charge in [-0.25, -0.2) is 0 Å². The first kappa shape index (κ1) is 9.36. The summed E-state index contributed by atoms with van der Waals surface area (Å²) >= 11 is 0. The predicted octanol–water partition coefficient (Wildman–Crippen LogP) is -2.48. The average Bonchev–Trinajstić information content (AvgIpc) is 2.43. The molecule has 5 heteroatoms. The van der Waals surface area contributed by atoms with E-state index in [2.05, 4.69) is 0 Å². The number of nitrogens with zero attached hydrogens (tertiary/aromatic N) is 1. The Morgan fingerprint density at radius 3 is 2.31 bits per heavy atom. The first-order valence-corrected chi connectivity index (χ1v) is 4.57. The molecule has 2 saturated heterocycles. The van der Waals surface area contributed by atoms with Gasteiger partial charge in [0.2, 0.25) is 0 Å². The van der Waals surface area contributed by atoms with Crippen molar-refractivity contribution in [2.75, 3.05) is 13.1 Å². The third-order valence-electron chi connectivity index (χ3n) is 3.04. The molecule has 2 heterocycles. The fourth-order valence-electron chi connectivity index (χ4n) is 2.30. The van der Waals surface area contributed by atoms with Crippen molar-refractivity contribution in [1.29, 1.82) is 0 Å². The molecule has 0 aromatic carbocycles. The van der Waals surface area contributed by atoms with Crippen LogP contribution in [0.1, 0.15) is 6.42 Å². The second kappa shape index (κ2) is 3.18. The maximum absolute atomic E-state index is 9.58. The molecule has 0 aromatic rings. The highest BCUT2D eigenvalue weighted by Gasteiger charge is 2.47. The number of fused-ring (bicyclic) bond motifs is 1. The van der Waals surface area contributed by atoms with E-state index < -0.39 is 30.5 Å². The number of hydrogen-bond donors (Lipinski definition) is 4. The third kappa shape index (κ3) is 1.37. The lowest BCUT2D eigenvalue weighted by Gasteiger charge is -2.40. The van der Waals surface area contributed by atoms with Crippen LogP contribution < -0.4 is 0 Å². The van der Waals surface area contributed by atoms with E-state index in [0.29, 0.717) is 19.5 Å². The Hall–Kier alpha value is -0.200. The highest BCUT2D eigenvalue weighted by atomic mass is 16.4. The van der Waals surface area contributed by atoms with Gasteiger partial charge in [-0.2, -0.15) is 0 Å². The van der Waals surface area contributed by atoms with Gasteiger partial charge in [-0.05, 0) is 6.42 Å². The smallest absolute Gasteiger partial charge is 0.109 e. The summed E-state index contributed by atoms with van der Waals surface area (Å²) in [4.78, 5) is 1.83. The summed E-state index contributed by atoms with van der Waals surface area (Å²) in [5.41, 5.74) is 0. The summed E-state index contributed by atoms with van der Waals surface area (Å²) in [6, 6.07) is -0.404. The highest BCUT2D eigenvalue weighted by Crippen LogP contribution is 2.27. The lowest BCUT2D eigenvalue weighted by Crippen LogP contribution is -2.61. The van der Waals surface area contributed by atoms with Gasteiger partial charge >= 0.3 is 0 Å². The largest absolute Gasteiger partial charge is 0.391 e. The molecule has 0 spiro atoms. The third-order valence-corrected chi connectivity index (χ3v) is 3.04. The van der Waals surface area contributed by atoms with Crippen molar-refractivity contribution in [2.45, 2.75) is 36.9 Å². The van der Waals surface area contributed by atoms with Gasteiger partial charge in [0.25, 0.3) is 0 Å². The van der Waals surface area contributed by atoms with Gasteiger partial charge in [0.1, 0.15) is 12.2 Å². The minimum absolute atomic E-state index is 0.333. The summed E-state index contributed by atoms with van der Waals surface area (Å²) in [6.07, 6.45) is -3.06. The van der Waals surface area contributed by atoms with Crippen LogP contribution in [0.4, 0.5) is 0 Å². The summed E-state index contributed by atoms with van der Waals surface area (Å²) < 4.78 is 0. The predicted molar refractivity (Wildman–Crippen MR) is 44.0 cm³/mol. The number of piperidine rings is 1. The van der Waals surface area contributed by atoms with Crippen molar-refractivity contribution in [2.24, 2.45) is 0 Å². The van der Waals surface area contributed by atoms with Crippen LogP contribution in [0.2, 0.25) is 0 Å². The van der Waals surface area contributed by atoms with E-state index in [4.69, 9.17) is 0 Å². The molecule has 2 rings (SSSR count). The van der Waals surface area contributed by atoms with Gasteiger partial charge in [0, 0.05) is 13.1 Å².